The van der Waals surface area contributed by atoms with Crippen LogP contribution in [0.2, 0.25) is 0 Å². The highest BCUT2D eigenvalue weighted by atomic mass is 16.4. The zero-order valence-corrected chi connectivity index (χ0v) is 12.4. The van der Waals surface area contributed by atoms with Crippen molar-refractivity contribution in [2.75, 3.05) is 20.6 Å². The number of hydrogen-bond acceptors (Lipinski definition) is 4. The summed E-state index contributed by atoms with van der Waals surface area (Å²) in [6, 6.07) is 0.494. The lowest BCUT2D eigenvalue weighted by Crippen LogP contribution is -2.31. The predicted molar refractivity (Wildman–Crippen MR) is 75.1 cm³/mol. The molecule has 0 aromatic heterocycles. The van der Waals surface area contributed by atoms with E-state index in [4.69, 9.17) is 25.5 Å². The first-order chi connectivity index (χ1) is 8.65. The molecule has 0 aromatic rings. The molecule has 0 atom stereocenters. The highest BCUT2D eigenvalue weighted by Gasteiger charge is 2.18. The molecular formula is C13H28N2O4. The Kier molecular flexibility index (Phi) is 12.7. The van der Waals surface area contributed by atoms with E-state index in [1.54, 1.807) is 0 Å². The van der Waals surface area contributed by atoms with Gasteiger partial charge in [0.1, 0.15) is 0 Å². The molecular weight excluding hydrogens is 248 g/mol. The van der Waals surface area contributed by atoms with Gasteiger partial charge in [-0.15, -0.1) is 0 Å². The Hall–Kier alpha value is -1.14. The topological polar surface area (TPSA) is 104 Å². The van der Waals surface area contributed by atoms with E-state index in [2.05, 4.69) is 19.0 Å². The van der Waals surface area contributed by atoms with Gasteiger partial charge in [-0.3, -0.25) is 9.59 Å². The van der Waals surface area contributed by atoms with E-state index >= 15 is 0 Å². The van der Waals surface area contributed by atoms with Gasteiger partial charge in [0, 0.05) is 26.4 Å². The molecule has 4 N–H and O–H groups in total. The fraction of sp³-hybridized carbons (Fsp3) is 0.846. The molecule has 1 fully saturated rings. The first-order valence-electron chi connectivity index (χ1n) is 6.44. The third-order valence-corrected chi connectivity index (χ3v) is 2.51. The molecule has 1 aliphatic carbocycles. The second-order valence-corrected chi connectivity index (χ2v) is 5.08. The number of rotatable bonds is 2. The molecule has 0 aromatic carbocycles. The molecule has 1 saturated carbocycles. The summed E-state index contributed by atoms with van der Waals surface area (Å²) in [6.45, 7) is 3.41. The summed E-state index contributed by atoms with van der Waals surface area (Å²) in [4.78, 5) is 20.3. The zero-order valence-electron chi connectivity index (χ0n) is 12.4. The van der Waals surface area contributed by atoms with Crippen LogP contribution in [0.1, 0.15) is 39.5 Å². The van der Waals surface area contributed by atoms with Crippen molar-refractivity contribution in [2.45, 2.75) is 45.6 Å². The van der Waals surface area contributed by atoms with E-state index in [0.717, 1.165) is 19.8 Å². The van der Waals surface area contributed by atoms with Crippen molar-refractivity contribution in [3.63, 3.8) is 0 Å². The fourth-order valence-corrected chi connectivity index (χ4v) is 1.89. The van der Waals surface area contributed by atoms with Crippen LogP contribution in [-0.4, -0.2) is 53.7 Å². The SMILES string of the molecule is CC(=O)O.CC(=O)O.CN(C)CC1CCC(N)CC1. The maximum Gasteiger partial charge on any atom is 0.300 e. The van der Waals surface area contributed by atoms with E-state index < -0.39 is 11.9 Å². The van der Waals surface area contributed by atoms with Crippen LogP contribution in [0.25, 0.3) is 0 Å². The second-order valence-electron chi connectivity index (χ2n) is 5.08. The minimum Gasteiger partial charge on any atom is -0.481 e. The average molecular weight is 276 g/mol. The van der Waals surface area contributed by atoms with Crippen molar-refractivity contribution in [3.05, 3.63) is 0 Å². The molecule has 0 aliphatic heterocycles. The van der Waals surface area contributed by atoms with Gasteiger partial charge in [-0.05, 0) is 45.7 Å². The summed E-state index contributed by atoms with van der Waals surface area (Å²) < 4.78 is 0. The molecule has 0 spiro atoms. The molecule has 0 heterocycles. The summed E-state index contributed by atoms with van der Waals surface area (Å²) in [5.74, 6) is -0.759. The quantitative estimate of drug-likeness (QED) is 0.701. The highest BCUT2D eigenvalue weighted by Crippen LogP contribution is 2.23. The van der Waals surface area contributed by atoms with Crippen LogP contribution >= 0.6 is 0 Å². The Bertz CT molecular complexity index is 229. The zero-order chi connectivity index (χ0) is 15.4. The first kappa shape index (κ1) is 20.2. The van der Waals surface area contributed by atoms with Crippen molar-refractivity contribution in [2.24, 2.45) is 11.7 Å². The van der Waals surface area contributed by atoms with Gasteiger partial charge in [-0.25, -0.2) is 0 Å². The number of hydrogen-bond donors (Lipinski definition) is 3. The minimum atomic E-state index is -0.833. The van der Waals surface area contributed by atoms with Gasteiger partial charge < -0.3 is 20.8 Å². The Morgan fingerprint density at radius 2 is 1.37 bits per heavy atom. The largest absolute Gasteiger partial charge is 0.481 e. The van der Waals surface area contributed by atoms with E-state index in [0.29, 0.717) is 6.04 Å². The summed E-state index contributed by atoms with van der Waals surface area (Å²) >= 11 is 0. The second kappa shape index (κ2) is 11.9. The monoisotopic (exact) mass is 276 g/mol. The van der Waals surface area contributed by atoms with Gasteiger partial charge in [0.2, 0.25) is 0 Å². The predicted octanol–water partition coefficient (Wildman–Crippen LogP) is 1.25. The number of carboxylic acids is 2. The molecule has 1 rings (SSSR count). The number of nitrogens with zero attached hydrogens (tertiary/aromatic N) is 1. The van der Waals surface area contributed by atoms with E-state index in [1.807, 2.05) is 0 Å². The summed E-state index contributed by atoms with van der Waals surface area (Å²) in [6.07, 6.45) is 5.13. The Morgan fingerprint density at radius 3 is 1.63 bits per heavy atom. The summed E-state index contributed by atoms with van der Waals surface area (Å²) in [5, 5.41) is 14.8. The fourth-order valence-electron chi connectivity index (χ4n) is 1.89. The van der Waals surface area contributed by atoms with Crippen LogP contribution in [0.4, 0.5) is 0 Å². The van der Waals surface area contributed by atoms with Gasteiger partial charge in [0.15, 0.2) is 0 Å². The van der Waals surface area contributed by atoms with Crippen LogP contribution in [0.3, 0.4) is 0 Å². The molecule has 0 bridgehead atoms. The van der Waals surface area contributed by atoms with Crippen LogP contribution in [0, 0.1) is 5.92 Å². The molecule has 0 amide bonds. The van der Waals surface area contributed by atoms with Gasteiger partial charge in [-0.1, -0.05) is 0 Å². The van der Waals surface area contributed by atoms with Crippen molar-refractivity contribution >= 4 is 11.9 Å². The van der Waals surface area contributed by atoms with Crippen molar-refractivity contribution in [1.29, 1.82) is 0 Å². The van der Waals surface area contributed by atoms with Crippen molar-refractivity contribution in [3.8, 4) is 0 Å². The van der Waals surface area contributed by atoms with Gasteiger partial charge >= 0.3 is 0 Å². The Balaban J connectivity index is 0. The number of carboxylic acid groups (broad SMARTS) is 2. The van der Waals surface area contributed by atoms with Crippen LogP contribution < -0.4 is 5.73 Å². The third kappa shape index (κ3) is 22.5. The van der Waals surface area contributed by atoms with Gasteiger partial charge in [0.25, 0.3) is 11.9 Å². The summed E-state index contributed by atoms with van der Waals surface area (Å²) in [7, 11) is 4.29. The molecule has 114 valence electrons. The highest BCUT2D eigenvalue weighted by molar-refractivity contribution is 5.63. The lowest BCUT2D eigenvalue weighted by molar-refractivity contribution is -0.135. The van der Waals surface area contributed by atoms with E-state index in [9.17, 15) is 0 Å². The van der Waals surface area contributed by atoms with E-state index in [-0.39, 0.29) is 0 Å². The molecule has 19 heavy (non-hydrogen) atoms. The number of aliphatic carboxylic acids is 2. The Labute approximate surface area is 115 Å². The van der Waals surface area contributed by atoms with Gasteiger partial charge in [-0.2, -0.15) is 0 Å². The van der Waals surface area contributed by atoms with Gasteiger partial charge in [0.05, 0.1) is 0 Å². The van der Waals surface area contributed by atoms with Crippen LogP contribution in [-0.2, 0) is 9.59 Å². The summed E-state index contributed by atoms with van der Waals surface area (Å²) in [5.41, 5.74) is 5.81. The Morgan fingerprint density at radius 1 is 1.05 bits per heavy atom. The molecule has 6 heteroatoms. The first-order valence-corrected chi connectivity index (χ1v) is 6.44. The lowest BCUT2D eigenvalue weighted by atomic mass is 9.86. The number of carbonyl (C=O) groups is 2. The molecule has 1 aliphatic rings. The maximum atomic E-state index is 9.00. The third-order valence-electron chi connectivity index (χ3n) is 2.51. The molecule has 0 unspecified atom stereocenters. The van der Waals surface area contributed by atoms with Crippen molar-refractivity contribution in [1.82, 2.24) is 4.90 Å². The number of nitrogens with two attached hydrogens (primary N) is 1. The van der Waals surface area contributed by atoms with E-state index in [1.165, 1.54) is 32.2 Å². The molecule has 0 radical (unpaired) electrons. The smallest absolute Gasteiger partial charge is 0.300 e. The molecule has 0 saturated heterocycles. The van der Waals surface area contributed by atoms with Crippen molar-refractivity contribution < 1.29 is 19.8 Å². The minimum absolute atomic E-state index is 0.494. The normalized spacial score (nSPS) is 21.6. The maximum absolute atomic E-state index is 9.00. The molecule has 6 nitrogen and oxygen atoms in total. The van der Waals surface area contributed by atoms with Crippen LogP contribution in [0.15, 0.2) is 0 Å². The average Bonchev–Trinajstić information content (AvgIpc) is 2.19. The lowest BCUT2D eigenvalue weighted by Gasteiger charge is -2.28. The standard InChI is InChI=1S/C9H20N2.2C2H4O2/c1-11(2)7-8-3-5-9(10)6-4-8;2*1-2(3)4/h8-9H,3-7,10H2,1-2H3;2*1H3,(H,3,4). The van der Waals surface area contributed by atoms with Crippen LogP contribution in [0.5, 0.6) is 0 Å².